The van der Waals surface area contributed by atoms with Crippen molar-refractivity contribution in [1.82, 2.24) is 4.98 Å². The van der Waals surface area contributed by atoms with Crippen LogP contribution in [-0.2, 0) is 0 Å². The van der Waals surface area contributed by atoms with Crippen molar-refractivity contribution in [2.45, 2.75) is 0 Å². The summed E-state index contributed by atoms with van der Waals surface area (Å²) in [6.45, 7) is 0. The molecule has 0 aliphatic carbocycles. The lowest BCUT2D eigenvalue weighted by Gasteiger charge is -1.91. The molecule has 0 aliphatic rings. The van der Waals surface area contributed by atoms with Crippen molar-refractivity contribution in [3.63, 3.8) is 0 Å². The first-order chi connectivity index (χ1) is 6.38. The van der Waals surface area contributed by atoms with Crippen molar-refractivity contribution in [3.05, 3.63) is 42.6 Å². The number of rotatable bonds is 0. The summed E-state index contributed by atoms with van der Waals surface area (Å²) in [6, 6.07) is 12.1. The van der Waals surface area contributed by atoms with E-state index >= 15 is 0 Å². The second kappa shape index (κ2) is 5.79. The molecule has 0 radical (unpaired) electrons. The molecule has 13 heavy (non-hydrogen) atoms. The number of benzene rings is 1. The molecule has 0 bridgehead atoms. The number of hydrogen-bond acceptors (Lipinski definition) is 1. The molecule has 68 valence electrons. The van der Waals surface area contributed by atoms with Crippen molar-refractivity contribution < 1.29 is 0 Å². The minimum atomic E-state index is 0.194. The number of nitrogens with zero attached hydrogens (tertiary/aromatic N) is 1. The quantitative estimate of drug-likeness (QED) is 0.610. The van der Waals surface area contributed by atoms with E-state index in [2.05, 4.69) is 17.1 Å². The fourth-order valence-corrected chi connectivity index (χ4v) is 1.02. The lowest BCUT2D eigenvalue weighted by molar-refractivity contribution is 1.41. The summed E-state index contributed by atoms with van der Waals surface area (Å²) in [4.78, 5) is 4.18. The first kappa shape index (κ1) is 10.3. The van der Waals surface area contributed by atoms with Gasteiger partial charge in [-0.25, -0.2) is 0 Å². The molecule has 1 nitrogen and oxygen atoms in total. The molecule has 0 atom stereocenters. The number of alkyl halides is 2. The molecule has 0 saturated heterocycles. The lowest BCUT2D eigenvalue weighted by Crippen LogP contribution is -1.73. The van der Waals surface area contributed by atoms with Crippen LogP contribution in [0.25, 0.3) is 10.9 Å². The summed E-state index contributed by atoms with van der Waals surface area (Å²) in [5.74, 6) is 0. The van der Waals surface area contributed by atoms with Crippen LogP contribution in [0.5, 0.6) is 0 Å². The number of pyridine rings is 1. The van der Waals surface area contributed by atoms with Gasteiger partial charge >= 0.3 is 0 Å². The molecular formula is C10H9Cl2N. The van der Waals surface area contributed by atoms with Gasteiger partial charge in [-0.2, -0.15) is 0 Å². The largest absolute Gasteiger partial charge is 0.256 e. The zero-order valence-electron chi connectivity index (χ0n) is 6.95. The third-order valence-corrected chi connectivity index (χ3v) is 1.51. The van der Waals surface area contributed by atoms with Gasteiger partial charge in [0.05, 0.1) is 10.9 Å². The Kier molecular flexibility index (Phi) is 4.58. The predicted octanol–water partition coefficient (Wildman–Crippen LogP) is 3.66. The third-order valence-electron chi connectivity index (χ3n) is 1.51. The number of para-hydroxylation sites is 1. The molecule has 2 aromatic rings. The highest BCUT2D eigenvalue weighted by molar-refractivity contribution is 6.40. The number of aromatic nitrogens is 1. The monoisotopic (exact) mass is 213 g/mol. The molecule has 0 spiro atoms. The molecule has 3 heteroatoms. The predicted molar refractivity (Wildman–Crippen MR) is 58.3 cm³/mol. The highest BCUT2D eigenvalue weighted by atomic mass is 35.5. The molecule has 0 aliphatic heterocycles. The smallest absolute Gasteiger partial charge is 0.0967 e. The maximum absolute atomic E-state index is 4.76. The standard InChI is InChI=1S/C9H7N.CH2Cl2/c1-2-6-9-8(4-1)5-3-7-10-9;2-1-3/h1-7H;1H2. The van der Waals surface area contributed by atoms with Crippen molar-refractivity contribution in [1.29, 1.82) is 0 Å². The van der Waals surface area contributed by atoms with Crippen molar-refractivity contribution in [3.8, 4) is 0 Å². The molecule has 0 amide bonds. The number of hydrogen-bond donors (Lipinski definition) is 0. The zero-order chi connectivity index (χ0) is 9.52. The summed E-state index contributed by atoms with van der Waals surface area (Å²) in [6.07, 6.45) is 1.81. The summed E-state index contributed by atoms with van der Waals surface area (Å²) < 4.78 is 0. The van der Waals surface area contributed by atoms with Crippen molar-refractivity contribution in [2.75, 3.05) is 5.34 Å². The summed E-state index contributed by atoms with van der Waals surface area (Å²) in [5.41, 5.74) is 1.06. The second-order valence-corrected chi connectivity index (χ2v) is 3.11. The van der Waals surface area contributed by atoms with Gasteiger partial charge in [0.1, 0.15) is 0 Å². The Morgan fingerprint density at radius 1 is 1.00 bits per heavy atom. The van der Waals surface area contributed by atoms with E-state index in [-0.39, 0.29) is 5.34 Å². The number of fused-ring (bicyclic) bond motifs is 1. The molecule has 0 fully saturated rings. The van der Waals surface area contributed by atoms with E-state index in [1.165, 1.54) is 5.39 Å². The molecule has 0 unspecified atom stereocenters. The van der Waals surface area contributed by atoms with E-state index in [0.717, 1.165) is 5.52 Å². The molecule has 2 rings (SSSR count). The van der Waals surface area contributed by atoms with Gasteiger partial charge in [0.15, 0.2) is 0 Å². The molecule has 1 aromatic heterocycles. The Labute approximate surface area is 87.3 Å². The van der Waals surface area contributed by atoms with Gasteiger partial charge in [-0.05, 0) is 12.1 Å². The second-order valence-electron chi connectivity index (χ2n) is 2.30. The first-order valence-electron chi connectivity index (χ1n) is 3.80. The van der Waals surface area contributed by atoms with E-state index in [0.29, 0.717) is 0 Å². The van der Waals surface area contributed by atoms with E-state index < -0.39 is 0 Å². The van der Waals surface area contributed by atoms with E-state index in [9.17, 15) is 0 Å². The molecule has 0 N–H and O–H groups in total. The average Bonchev–Trinajstić information content (AvgIpc) is 2.19. The van der Waals surface area contributed by atoms with Crippen LogP contribution in [-0.4, -0.2) is 10.3 Å². The van der Waals surface area contributed by atoms with Crippen LogP contribution in [0.2, 0.25) is 0 Å². The fraction of sp³-hybridized carbons (Fsp3) is 0.100. The molecule has 0 saturated carbocycles. The van der Waals surface area contributed by atoms with E-state index in [4.69, 9.17) is 23.2 Å². The summed E-state index contributed by atoms with van der Waals surface area (Å²) in [5, 5.41) is 1.39. The molecule has 1 heterocycles. The highest BCUT2D eigenvalue weighted by Crippen LogP contribution is 2.07. The Bertz CT molecular complexity index is 297. The highest BCUT2D eigenvalue weighted by Gasteiger charge is 1.86. The van der Waals surface area contributed by atoms with Crippen molar-refractivity contribution >= 4 is 34.1 Å². The van der Waals surface area contributed by atoms with Crippen LogP contribution < -0.4 is 0 Å². The fourth-order valence-electron chi connectivity index (χ4n) is 1.02. The van der Waals surface area contributed by atoms with Gasteiger partial charge in [-0.15, -0.1) is 23.2 Å². The van der Waals surface area contributed by atoms with Gasteiger partial charge in [-0.1, -0.05) is 24.3 Å². The van der Waals surface area contributed by atoms with Crippen molar-refractivity contribution in [2.24, 2.45) is 0 Å². The van der Waals surface area contributed by atoms with Crippen LogP contribution in [0.1, 0.15) is 0 Å². The molecule has 1 aromatic carbocycles. The van der Waals surface area contributed by atoms with Crippen LogP contribution in [0.4, 0.5) is 0 Å². The van der Waals surface area contributed by atoms with Gasteiger partial charge in [0.2, 0.25) is 0 Å². The maximum Gasteiger partial charge on any atom is 0.0967 e. The normalized spacial score (nSPS) is 9.08. The minimum Gasteiger partial charge on any atom is -0.256 e. The summed E-state index contributed by atoms with van der Waals surface area (Å²) in [7, 11) is 0. The van der Waals surface area contributed by atoms with Gasteiger partial charge in [0, 0.05) is 11.6 Å². The zero-order valence-corrected chi connectivity index (χ0v) is 8.46. The maximum atomic E-state index is 4.76. The Morgan fingerprint density at radius 2 is 1.62 bits per heavy atom. The Balaban J connectivity index is 0.000000251. The Morgan fingerprint density at radius 3 is 2.31 bits per heavy atom. The first-order valence-corrected chi connectivity index (χ1v) is 4.87. The topological polar surface area (TPSA) is 12.9 Å². The van der Waals surface area contributed by atoms with Gasteiger partial charge in [0.25, 0.3) is 0 Å². The SMILES string of the molecule is ClCCl.c1ccc2ncccc2c1. The average molecular weight is 214 g/mol. The van der Waals surface area contributed by atoms with Gasteiger partial charge < -0.3 is 0 Å². The van der Waals surface area contributed by atoms with Crippen LogP contribution in [0.15, 0.2) is 42.6 Å². The van der Waals surface area contributed by atoms with E-state index in [1.54, 1.807) is 0 Å². The third kappa shape index (κ3) is 3.21. The minimum absolute atomic E-state index is 0.194. The summed E-state index contributed by atoms with van der Waals surface area (Å²) >= 11 is 9.53. The van der Waals surface area contributed by atoms with Crippen LogP contribution in [0.3, 0.4) is 0 Å². The van der Waals surface area contributed by atoms with Crippen LogP contribution >= 0.6 is 23.2 Å². The lowest BCUT2D eigenvalue weighted by atomic mass is 10.2. The number of halogens is 2. The van der Waals surface area contributed by atoms with Gasteiger partial charge in [-0.3, -0.25) is 4.98 Å². The Hall–Kier alpha value is -0.790. The van der Waals surface area contributed by atoms with E-state index in [1.807, 2.05) is 30.5 Å². The molecular weight excluding hydrogens is 205 g/mol. The van der Waals surface area contributed by atoms with Crippen LogP contribution in [0, 0.1) is 0 Å².